The first-order valence-corrected chi connectivity index (χ1v) is 10.5. The van der Waals surface area contributed by atoms with Crippen molar-refractivity contribution in [3.05, 3.63) is 35.4 Å². The lowest BCUT2D eigenvalue weighted by Gasteiger charge is -2.23. The Kier molecular flexibility index (Phi) is 9.07. The molecule has 1 spiro atoms. The maximum Gasteiger partial charge on any atom is 0.223 e. The number of nitrogens with one attached hydrogen (secondary N) is 2. The van der Waals surface area contributed by atoms with Crippen LogP contribution in [0.2, 0.25) is 0 Å². The second-order valence-corrected chi connectivity index (χ2v) is 8.60. The van der Waals surface area contributed by atoms with Crippen molar-refractivity contribution in [2.24, 2.45) is 11.3 Å². The molecule has 0 bridgehead atoms. The Morgan fingerprint density at radius 1 is 1.07 bits per heavy atom. The Morgan fingerprint density at radius 3 is 2.46 bits per heavy atom. The summed E-state index contributed by atoms with van der Waals surface area (Å²) in [7, 11) is 0. The van der Waals surface area contributed by atoms with Gasteiger partial charge < -0.3 is 10.6 Å². The van der Waals surface area contributed by atoms with E-state index in [2.05, 4.69) is 39.8 Å². The van der Waals surface area contributed by atoms with Crippen LogP contribution in [0.25, 0.3) is 0 Å². The molecule has 1 aromatic carbocycles. The van der Waals surface area contributed by atoms with E-state index in [0.717, 1.165) is 38.9 Å². The normalized spacial score (nSPS) is 23.8. The summed E-state index contributed by atoms with van der Waals surface area (Å²) in [5.41, 5.74) is 2.93. The highest BCUT2D eigenvalue weighted by Crippen LogP contribution is 2.58. The minimum atomic E-state index is 0. The van der Waals surface area contributed by atoms with Crippen LogP contribution in [-0.4, -0.2) is 37.0 Å². The smallest absolute Gasteiger partial charge is 0.223 e. The van der Waals surface area contributed by atoms with Crippen LogP contribution in [0.1, 0.15) is 56.1 Å². The zero-order chi connectivity index (χ0) is 17.8. The van der Waals surface area contributed by atoms with Crippen molar-refractivity contribution in [2.45, 2.75) is 58.0 Å². The molecule has 1 saturated carbocycles. The standard InChI is InChI=1S/C22H33N3O.2ClH/c26-21(20-15-22(20)8-10-23-11-9-22)24-16-18-6-5-7-19(14-18)17-25-12-3-1-2-4-13-25;;/h5-7,14,20,23H,1-4,8-13,15-17H2,(H,24,26);2*1H. The summed E-state index contributed by atoms with van der Waals surface area (Å²) in [5, 5.41) is 6.61. The number of benzene rings is 1. The van der Waals surface area contributed by atoms with Crippen LogP contribution in [-0.2, 0) is 17.9 Å². The van der Waals surface area contributed by atoms with Gasteiger partial charge in [-0.2, -0.15) is 0 Å². The SMILES string of the molecule is Cl.Cl.O=C(NCc1cccc(CN2CCCCCC2)c1)C1CC12CCNCC2. The number of carbonyl (C=O) groups excluding carboxylic acids is 1. The molecule has 3 aliphatic rings. The topological polar surface area (TPSA) is 44.4 Å². The Morgan fingerprint density at radius 2 is 1.75 bits per heavy atom. The molecule has 2 heterocycles. The van der Waals surface area contributed by atoms with Gasteiger partial charge in [0.05, 0.1) is 0 Å². The largest absolute Gasteiger partial charge is 0.352 e. The van der Waals surface area contributed by atoms with Gasteiger partial charge in [-0.1, -0.05) is 37.1 Å². The first kappa shape index (κ1) is 23.5. The molecule has 0 aromatic heterocycles. The molecule has 1 amide bonds. The number of carbonyl (C=O) groups is 1. The van der Waals surface area contributed by atoms with Crippen molar-refractivity contribution >= 4 is 30.7 Å². The fourth-order valence-electron chi connectivity index (χ4n) is 4.90. The summed E-state index contributed by atoms with van der Waals surface area (Å²) in [6.07, 6.45) is 8.83. The zero-order valence-corrected chi connectivity index (χ0v) is 18.4. The van der Waals surface area contributed by atoms with Crippen LogP contribution in [0.3, 0.4) is 0 Å². The van der Waals surface area contributed by atoms with Gasteiger partial charge in [-0.05, 0) is 74.8 Å². The van der Waals surface area contributed by atoms with Crippen LogP contribution in [0, 0.1) is 11.3 Å². The summed E-state index contributed by atoms with van der Waals surface area (Å²) in [6, 6.07) is 8.78. The lowest BCUT2D eigenvalue weighted by atomic mass is 9.92. The zero-order valence-electron chi connectivity index (χ0n) is 16.8. The number of halogens is 2. The molecule has 2 N–H and O–H groups in total. The van der Waals surface area contributed by atoms with Crippen molar-refractivity contribution in [3.8, 4) is 0 Å². The van der Waals surface area contributed by atoms with Crippen LogP contribution < -0.4 is 10.6 Å². The third-order valence-corrected chi connectivity index (χ3v) is 6.67. The summed E-state index contributed by atoms with van der Waals surface area (Å²) in [5.74, 6) is 0.523. The van der Waals surface area contributed by atoms with Crippen molar-refractivity contribution < 1.29 is 4.79 Å². The molecule has 2 aliphatic heterocycles. The molecule has 2 saturated heterocycles. The number of piperidine rings is 1. The van der Waals surface area contributed by atoms with Crippen LogP contribution in [0.4, 0.5) is 0 Å². The molecule has 1 aromatic rings. The highest BCUT2D eigenvalue weighted by atomic mass is 35.5. The third kappa shape index (κ3) is 5.85. The summed E-state index contributed by atoms with van der Waals surface area (Å²) in [6.45, 7) is 6.29. The number of nitrogens with zero attached hydrogens (tertiary/aromatic N) is 1. The van der Waals surface area contributed by atoms with Gasteiger partial charge >= 0.3 is 0 Å². The van der Waals surface area contributed by atoms with E-state index in [-0.39, 0.29) is 36.6 Å². The summed E-state index contributed by atoms with van der Waals surface area (Å²) < 4.78 is 0. The molecule has 1 atom stereocenters. The van der Waals surface area contributed by atoms with Crippen LogP contribution >= 0.6 is 24.8 Å². The minimum absolute atomic E-state index is 0. The number of rotatable bonds is 5. The van der Waals surface area contributed by atoms with Gasteiger partial charge in [-0.15, -0.1) is 24.8 Å². The highest BCUT2D eigenvalue weighted by Gasteiger charge is 2.57. The molecule has 6 heteroatoms. The predicted molar refractivity (Wildman–Crippen MR) is 119 cm³/mol. The van der Waals surface area contributed by atoms with Gasteiger partial charge in [0, 0.05) is 19.0 Å². The van der Waals surface area contributed by atoms with Crippen molar-refractivity contribution in [3.63, 3.8) is 0 Å². The van der Waals surface area contributed by atoms with Crippen molar-refractivity contribution in [2.75, 3.05) is 26.2 Å². The number of hydrogen-bond donors (Lipinski definition) is 2. The summed E-state index contributed by atoms with van der Waals surface area (Å²) >= 11 is 0. The molecular weight excluding hydrogens is 393 g/mol. The molecule has 0 radical (unpaired) electrons. The highest BCUT2D eigenvalue weighted by molar-refractivity contribution is 5.85. The van der Waals surface area contributed by atoms with E-state index in [1.54, 1.807) is 0 Å². The van der Waals surface area contributed by atoms with E-state index < -0.39 is 0 Å². The Balaban J connectivity index is 0.00000140. The lowest BCUT2D eigenvalue weighted by molar-refractivity contribution is -0.123. The number of hydrogen-bond acceptors (Lipinski definition) is 3. The average Bonchev–Trinajstić information content (AvgIpc) is 3.41. The maximum atomic E-state index is 12.6. The van der Waals surface area contributed by atoms with E-state index in [0.29, 0.717) is 12.0 Å². The number of amides is 1. The molecule has 4 rings (SSSR count). The van der Waals surface area contributed by atoms with E-state index in [9.17, 15) is 4.79 Å². The van der Waals surface area contributed by atoms with E-state index in [1.165, 1.54) is 49.9 Å². The first-order chi connectivity index (χ1) is 12.8. The number of likely N-dealkylation sites (tertiary alicyclic amines) is 1. The average molecular weight is 428 g/mol. The van der Waals surface area contributed by atoms with Crippen LogP contribution in [0.5, 0.6) is 0 Å². The monoisotopic (exact) mass is 427 g/mol. The summed E-state index contributed by atoms with van der Waals surface area (Å²) in [4.78, 5) is 15.1. The van der Waals surface area contributed by atoms with Gasteiger partial charge in [0.15, 0.2) is 0 Å². The maximum absolute atomic E-state index is 12.6. The van der Waals surface area contributed by atoms with Crippen molar-refractivity contribution in [1.29, 1.82) is 0 Å². The van der Waals surface area contributed by atoms with Gasteiger partial charge in [-0.25, -0.2) is 0 Å². The lowest BCUT2D eigenvalue weighted by Crippen LogP contribution is -2.33. The van der Waals surface area contributed by atoms with E-state index in [1.807, 2.05) is 0 Å². The van der Waals surface area contributed by atoms with Gasteiger partial charge in [0.2, 0.25) is 5.91 Å². The van der Waals surface area contributed by atoms with Gasteiger partial charge in [-0.3, -0.25) is 9.69 Å². The van der Waals surface area contributed by atoms with Crippen molar-refractivity contribution in [1.82, 2.24) is 15.5 Å². The Hall–Kier alpha value is -0.810. The Labute approximate surface area is 182 Å². The molecule has 1 aliphatic carbocycles. The van der Waals surface area contributed by atoms with E-state index in [4.69, 9.17) is 0 Å². The fourth-order valence-corrected chi connectivity index (χ4v) is 4.90. The quantitative estimate of drug-likeness (QED) is 0.748. The molecule has 1 unspecified atom stereocenters. The molecule has 3 fully saturated rings. The predicted octanol–water partition coefficient (Wildman–Crippen LogP) is 3.91. The van der Waals surface area contributed by atoms with Gasteiger partial charge in [0.25, 0.3) is 0 Å². The first-order valence-electron chi connectivity index (χ1n) is 10.5. The molecular formula is C22H35Cl2N3O. The fraction of sp³-hybridized carbons (Fsp3) is 0.682. The van der Waals surface area contributed by atoms with E-state index >= 15 is 0 Å². The molecule has 158 valence electrons. The molecule has 4 nitrogen and oxygen atoms in total. The minimum Gasteiger partial charge on any atom is -0.352 e. The second-order valence-electron chi connectivity index (χ2n) is 8.60. The Bertz CT molecular complexity index is 626. The van der Waals surface area contributed by atoms with Crippen LogP contribution in [0.15, 0.2) is 24.3 Å². The molecule has 28 heavy (non-hydrogen) atoms. The second kappa shape index (κ2) is 10.8. The third-order valence-electron chi connectivity index (χ3n) is 6.67. The van der Waals surface area contributed by atoms with Gasteiger partial charge in [0.1, 0.15) is 0 Å².